The number of hydrogen-bond donors (Lipinski definition) is 0. The van der Waals surface area contributed by atoms with Crippen LogP contribution in [0.4, 0.5) is 0 Å². The Morgan fingerprint density at radius 3 is 2.67 bits per heavy atom. The minimum atomic E-state index is -0.229. The van der Waals surface area contributed by atoms with E-state index in [1.165, 1.54) is 0 Å². The highest BCUT2D eigenvalue weighted by molar-refractivity contribution is 5.75. The van der Waals surface area contributed by atoms with Gasteiger partial charge < -0.3 is 14.2 Å². The molecule has 1 aromatic carbocycles. The van der Waals surface area contributed by atoms with Gasteiger partial charge in [0.05, 0.1) is 20.1 Å². The monoisotopic (exact) mass is 250 g/mol. The quantitative estimate of drug-likeness (QED) is 0.771. The predicted octanol–water partition coefficient (Wildman–Crippen LogP) is 2.72. The van der Waals surface area contributed by atoms with E-state index in [9.17, 15) is 4.79 Å². The molecule has 1 aliphatic rings. The number of esters is 1. The molecular formula is C14H18O4. The van der Waals surface area contributed by atoms with Crippen LogP contribution in [0.3, 0.4) is 0 Å². The second-order valence-corrected chi connectivity index (χ2v) is 4.37. The molecule has 0 aliphatic carbocycles. The summed E-state index contributed by atoms with van der Waals surface area (Å²) in [6, 6.07) is 5.53. The fourth-order valence-electron chi connectivity index (χ4n) is 2.25. The Labute approximate surface area is 107 Å². The van der Waals surface area contributed by atoms with E-state index < -0.39 is 0 Å². The highest BCUT2D eigenvalue weighted by atomic mass is 16.6. The smallest absolute Gasteiger partial charge is 0.309 e. The zero-order valence-corrected chi connectivity index (χ0v) is 10.9. The molecule has 1 aromatic rings. The van der Waals surface area contributed by atoms with Gasteiger partial charge in [-0.25, -0.2) is 0 Å². The molecule has 0 amide bonds. The fraction of sp³-hybridized carbons (Fsp3) is 0.500. The van der Waals surface area contributed by atoms with Crippen molar-refractivity contribution in [3.05, 3.63) is 23.8 Å². The van der Waals surface area contributed by atoms with Gasteiger partial charge in [-0.3, -0.25) is 4.79 Å². The van der Waals surface area contributed by atoms with Crippen molar-refractivity contribution in [1.82, 2.24) is 0 Å². The van der Waals surface area contributed by atoms with Gasteiger partial charge in [-0.15, -0.1) is 0 Å². The lowest BCUT2D eigenvalue weighted by Gasteiger charge is -2.15. The summed E-state index contributed by atoms with van der Waals surface area (Å²) >= 11 is 0. The topological polar surface area (TPSA) is 44.8 Å². The molecule has 4 nitrogen and oxygen atoms in total. The number of cyclic esters (lactones) is 1. The average molecular weight is 250 g/mol. The first-order valence-corrected chi connectivity index (χ1v) is 6.12. The SMILES string of the molecule is CCC1CC(c2cc(OC)ccc2OC)OC1=O. The lowest BCUT2D eigenvalue weighted by atomic mass is 9.97. The van der Waals surface area contributed by atoms with Crippen molar-refractivity contribution < 1.29 is 19.0 Å². The molecule has 1 heterocycles. The van der Waals surface area contributed by atoms with Gasteiger partial charge in [-0.2, -0.15) is 0 Å². The van der Waals surface area contributed by atoms with Gasteiger partial charge in [0.2, 0.25) is 0 Å². The van der Waals surface area contributed by atoms with Crippen molar-refractivity contribution in [3.8, 4) is 11.5 Å². The second kappa shape index (κ2) is 5.29. The summed E-state index contributed by atoms with van der Waals surface area (Å²) in [4.78, 5) is 11.6. The van der Waals surface area contributed by atoms with Crippen LogP contribution in [0.1, 0.15) is 31.4 Å². The van der Waals surface area contributed by atoms with Crippen LogP contribution >= 0.6 is 0 Å². The van der Waals surface area contributed by atoms with Gasteiger partial charge >= 0.3 is 5.97 Å². The van der Waals surface area contributed by atoms with Gasteiger partial charge in [-0.1, -0.05) is 6.92 Å². The molecule has 0 spiro atoms. The van der Waals surface area contributed by atoms with Crippen molar-refractivity contribution in [1.29, 1.82) is 0 Å². The minimum absolute atomic E-state index is 0.00842. The van der Waals surface area contributed by atoms with E-state index in [1.807, 2.05) is 25.1 Å². The number of carbonyl (C=O) groups excluding carboxylic acids is 1. The molecule has 1 saturated heterocycles. The molecule has 0 bridgehead atoms. The first-order valence-electron chi connectivity index (χ1n) is 6.12. The molecule has 0 aromatic heterocycles. The second-order valence-electron chi connectivity index (χ2n) is 4.37. The van der Waals surface area contributed by atoms with Crippen LogP contribution in [0, 0.1) is 5.92 Å². The molecular weight excluding hydrogens is 232 g/mol. The van der Waals surface area contributed by atoms with Crippen LogP contribution in [0.2, 0.25) is 0 Å². The molecule has 2 rings (SSSR count). The number of ether oxygens (including phenoxy) is 3. The average Bonchev–Trinajstić information content (AvgIpc) is 2.79. The number of hydrogen-bond acceptors (Lipinski definition) is 4. The summed E-state index contributed by atoms with van der Waals surface area (Å²) in [6.45, 7) is 2.00. The Bertz CT molecular complexity index is 441. The third-order valence-electron chi connectivity index (χ3n) is 3.37. The van der Waals surface area contributed by atoms with E-state index in [1.54, 1.807) is 14.2 Å². The summed E-state index contributed by atoms with van der Waals surface area (Å²) in [5.41, 5.74) is 0.876. The van der Waals surface area contributed by atoms with E-state index in [2.05, 4.69) is 0 Å². The Morgan fingerprint density at radius 2 is 2.11 bits per heavy atom. The Kier molecular flexibility index (Phi) is 3.75. The summed E-state index contributed by atoms with van der Waals surface area (Å²) < 4.78 is 15.9. The molecule has 0 radical (unpaired) electrons. The molecule has 1 aliphatic heterocycles. The van der Waals surface area contributed by atoms with Crippen molar-refractivity contribution in [2.45, 2.75) is 25.9 Å². The molecule has 2 unspecified atom stereocenters. The van der Waals surface area contributed by atoms with E-state index in [0.29, 0.717) is 6.42 Å². The maximum Gasteiger partial charge on any atom is 0.309 e. The lowest BCUT2D eigenvalue weighted by Crippen LogP contribution is -2.05. The molecule has 18 heavy (non-hydrogen) atoms. The number of benzene rings is 1. The van der Waals surface area contributed by atoms with Crippen LogP contribution < -0.4 is 9.47 Å². The molecule has 0 saturated carbocycles. The Balaban J connectivity index is 2.29. The van der Waals surface area contributed by atoms with Crippen molar-refractivity contribution in [2.24, 2.45) is 5.92 Å². The molecule has 2 atom stereocenters. The van der Waals surface area contributed by atoms with Crippen molar-refractivity contribution in [3.63, 3.8) is 0 Å². The van der Waals surface area contributed by atoms with Gasteiger partial charge in [0.1, 0.15) is 17.6 Å². The lowest BCUT2D eigenvalue weighted by molar-refractivity contribution is -0.144. The largest absolute Gasteiger partial charge is 0.497 e. The van der Waals surface area contributed by atoms with Crippen molar-refractivity contribution >= 4 is 5.97 Å². The number of rotatable bonds is 4. The van der Waals surface area contributed by atoms with Crippen LogP contribution in [0.25, 0.3) is 0 Å². The first-order chi connectivity index (χ1) is 8.69. The maximum absolute atomic E-state index is 11.6. The Morgan fingerprint density at radius 1 is 1.33 bits per heavy atom. The van der Waals surface area contributed by atoms with Crippen LogP contribution in [0.5, 0.6) is 11.5 Å². The van der Waals surface area contributed by atoms with Crippen molar-refractivity contribution in [2.75, 3.05) is 14.2 Å². The molecule has 4 heteroatoms. The highest BCUT2D eigenvalue weighted by Crippen LogP contribution is 2.40. The van der Waals surface area contributed by atoms with E-state index in [4.69, 9.17) is 14.2 Å². The summed E-state index contributed by atoms with van der Waals surface area (Å²) in [7, 11) is 3.22. The van der Waals surface area contributed by atoms with Crippen LogP contribution in [-0.2, 0) is 9.53 Å². The third kappa shape index (κ3) is 2.28. The third-order valence-corrected chi connectivity index (χ3v) is 3.37. The Hall–Kier alpha value is -1.71. The van der Waals surface area contributed by atoms with Gasteiger partial charge in [0, 0.05) is 12.0 Å². The molecule has 0 N–H and O–H groups in total. The maximum atomic E-state index is 11.6. The highest BCUT2D eigenvalue weighted by Gasteiger charge is 2.35. The molecule has 98 valence electrons. The van der Waals surface area contributed by atoms with Gasteiger partial charge in [-0.05, 0) is 24.6 Å². The van der Waals surface area contributed by atoms with Gasteiger partial charge in [0.25, 0.3) is 0 Å². The standard InChI is InChI=1S/C14H18O4/c1-4-9-7-13(18-14(9)15)11-8-10(16-2)5-6-12(11)17-3/h5-6,8-9,13H,4,7H2,1-3H3. The van der Waals surface area contributed by atoms with Crippen LogP contribution in [-0.4, -0.2) is 20.2 Å². The normalized spacial score (nSPS) is 22.7. The van der Waals surface area contributed by atoms with E-state index in [-0.39, 0.29) is 18.0 Å². The van der Waals surface area contributed by atoms with Gasteiger partial charge in [0.15, 0.2) is 0 Å². The summed E-state index contributed by atoms with van der Waals surface area (Å²) in [5.74, 6) is 1.34. The zero-order valence-electron chi connectivity index (χ0n) is 10.9. The summed E-state index contributed by atoms with van der Waals surface area (Å²) in [6.07, 6.45) is 1.29. The molecule has 1 fully saturated rings. The number of methoxy groups -OCH3 is 2. The van der Waals surface area contributed by atoms with Crippen LogP contribution in [0.15, 0.2) is 18.2 Å². The fourth-order valence-corrected chi connectivity index (χ4v) is 2.25. The predicted molar refractivity (Wildman–Crippen MR) is 66.8 cm³/mol. The first kappa shape index (κ1) is 12.7. The minimum Gasteiger partial charge on any atom is -0.497 e. The summed E-state index contributed by atoms with van der Waals surface area (Å²) in [5, 5.41) is 0. The van der Waals surface area contributed by atoms with E-state index >= 15 is 0 Å². The number of carbonyl (C=O) groups is 1. The van der Waals surface area contributed by atoms with E-state index in [0.717, 1.165) is 23.5 Å². The zero-order chi connectivity index (χ0) is 13.1.